The van der Waals surface area contributed by atoms with E-state index < -0.39 is 15.8 Å². The minimum Gasteiger partial charge on any atom is -0.313 e. The first-order chi connectivity index (χ1) is 14.8. The monoisotopic (exact) mass is 479 g/mol. The Morgan fingerprint density at radius 1 is 1.12 bits per heavy atom. The maximum atomic E-state index is 14.3. The van der Waals surface area contributed by atoms with E-state index in [1.54, 1.807) is 23.7 Å². The number of benzene rings is 2. The number of aromatic nitrogens is 3. The highest BCUT2D eigenvalue weighted by Gasteiger charge is 2.23. The lowest BCUT2D eigenvalue weighted by Crippen LogP contribution is -2.16. The van der Waals surface area contributed by atoms with Crippen LogP contribution in [-0.2, 0) is 29.0 Å². The number of nitrogens with one attached hydrogen (secondary N) is 1. The first kappa shape index (κ1) is 24.2. The molecule has 0 aliphatic heterocycles. The van der Waals surface area contributed by atoms with E-state index in [0.29, 0.717) is 23.8 Å². The molecule has 0 aliphatic carbocycles. The minimum absolute atomic E-state index is 0.0266. The summed E-state index contributed by atoms with van der Waals surface area (Å²) in [5.41, 5.74) is 1.24. The van der Waals surface area contributed by atoms with Gasteiger partial charge in [0.25, 0.3) is 10.0 Å². The molecule has 1 heterocycles. The number of hydrogen-bond donors (Lipinski definition) is 1. The summed E-state index contributed by atoms with van der Waals surface area (Å²) >= 11 is 6.01. The van der Waals surface area contributed by atoms with Crippen molar-refractivity contribution < 1.29 is 12.8 Å². The predicted molar refractivity (Wildman–Crippen MR) is 125 cm³/mol. The Labute approximate surface area is 193 Å². The largest absolute Gasteiger partial charge is 0.313 e. The summed E-state index contributed by atoms with van der Waals surface area (Å²) in [4.78, 5) is 1.99. The molecule has 0 radical (unpaired) electrons. The smallest absolute Gasteiger partial charge is 0.261 e. The van der Waals surface area contributed by atoms with Gasteiger partial charge in [-0.15, -0.1) is 10.2 Å². The lowest BCUT2D eigenvalue weighted by molar-refractivity contribution is 0.384. The fraction of sp³-hybridized carbons (Fsp3) is 0.364. The molecule has 3 rings (SSSR count). The summed E-state index contributed by atoms with van der Waals surface area (Å²) in [6.45, 7) is 6.66. The van der Waals surface area contributed by atoms with Crippen molar-refractivity contribution in [2.45, 2.75) is 37.6 Å². The normalized spacial score (nSPS) is 12.4. The van der Waals surface area contributed by atoms with Gasteiger partial charge in [-0.05, 0) is 43.3 Å². The predicted octanol–water partition coefficient (Wildman–Crippen LogP) is 4.43. The van der Waals surface area contributed by atoms with Crippen molar-refractivity contribution in [3.63, 3.8) is 0 Å². The van der Waals surface area contributed by atoms with Crippen LogP contribution in [0.15, 0.2) is 41.3 Å². The molecule has 172 valence electrons. The lowest BCUT2D eigenvalue weighted by Gasteiger charge is -2.19. The summed E-state index contributed by atoms with van der Waals surface area (Å²) in [5, 5.41) is 8.21. The standard InChI is InChI=1S/C22H27ClFN5O2S/c1-22(2,3)14-7-9-15(10-8-14)32(30,31)27-19-12-18(24)17(23)11-16(19)21-26-25-20(29(21)6)13-28(4)5/h7-12,27H,13H2,1-6H3. The zero-order chi connectivity index (χ0) is 23.8. The van der Waals surface area contributed by atoms with E-state index in [1.165, 1.54) is 18.2 Å². The van der Waals surface area contributed by atoms with Gasteiger partial charge in [0.2, 0.25) is 0 Å². The third kappa shape index (κ3) is 5.11. The average Bonchev–Trinajstić information content (AvgIpc) is 3.03. The number of hydrogen-bond acceptors (Lipinski definition) is 5. The van der Waals surface area contributed by atoms with Crippen molar-refractivity contribution in [1.82, 2.24) is 19.7 Å². The first-order valence-corrected chi connectivity index (χ1v) is 11.8. The second kappa shape index (κ2) is 8.80. The molecular weight excluding hydrogens is 453 g/mol. The molecule has 0 atom stereocenters. The molecule has 1 aromatic heterocycles. The Balaban J connectivity index is 2.03. The maximum absolute atomic E-state index is 14.3. The Hall–Kier alpha value is -2.49. The van der Waals surface area contributed by atoms with E-state index in [9.17, 15) is 12.8 Å². The minimum atomic E-state index is -3.99. The maximum Gasteiger partial charge on any atom is 0.261 e. The third-order valence-electron chi connectivity index (χ3n) is 5.00. The molecule has 0 amide bonds. The van der Waals surface area contributed by atoms with E-state index in [1.807, 2.05) is 39.8 Å². The molecule has 3 aromatic rings. The lowest BCUT2D eigenvalue weighted by atomic mass is 9.87. The van der Waals surface area contributed by atoms with E-state index in [-0.39, 0.29) is 21.0 Å². The molecule has 0 saturated heterocycles. The summed E-state index contributed by atoms with van der Waals surface area (Å²) in [7, 11) is 1.57. The van der Waals surface area contributed by atoms with Crippen LogP contribution in [0.2, 0.25) is 5.02 Å². The van der Waals surface area contributed by atoms with Crippen LogP contribution in [-0.4, -0.2) is 42.2 Å². The van der Waals surface area contributed by atoms with Gasteiger partial charge >= 0.3 is 0 Å². The molecular formula is C22H27ClFN5O2S. The summed E-state index contributed by atoms with van der Waals surface area (Å²) in [6, 6.07) is 9.01. The molecule has 1 N–H and O–H groups in total. The first-order valence-electron chi connectivity index (χ1n) is 9.95. The highest BCUT2D eigenvalue weighted by molar-refractivity contribution is 7.92. The highest BCUT2D eigenvalue weighted by Crippen LogP contribution is 2.33. The Bertz CT molecular complexity index is 1230. The molecule has 7 nitrogen and oxygen atoms in total. The average molecular weight is 480 g/mol. The second-order valence-corrected chi connectivity index (χ2v) is 11.0. The third-order valence-corrected chi connectivity index (χ3v) is 6.67. The van der Waals surface area contributed by atoms with Gasteiger partial charge in [0.1, 0.15) is 11.6 Å². The SMILES string of the molecule is CN(C)Cc1nnc(-c2cc(Cl)c(F)cc2NS(=O)(=O)c2ccc(C(C)(C)C)cc2)n1C. The molecule has 0 spiro atoms. The number of nitrogens with zero attached hydrogens (tertiary/aromatic N) is 4. The highest BCUT2D eigenvalue weighted by atomic mass is 35.5. The zero-order valence-corrected chi connectivity index (χ0v) is 20.5. The van der Waals surface area contributed by atoms with Crippen LogP contribution in [0.5, 0.6) is 0 Å². The van der Waals surface area contributed by atoms with Gasteiger partial charge in [-0.3, -0.25) is 4.72 Å². The van der Waals surface area contributed by atoms with Crippen molar-refractivity contribution in [3.8, 4) is 11.4 Å². The number of rotatable bonds is 6. The molecule has 0 aliphatic rings. The van der Waals surface area contributed by atoms with E-state index in [2.05, 4.69) is 14.9 Å². The van der Waals surface area contributed by atoms with Crippen LogP contribution in [0.3, 0.4) is 0 Å². The van der Waals surface area contributed by atoms with Crippen LogP contribution in [0.1, 0.15) is 32.2 Å². The van der Waals surface area contributed by atoms with Gasteiger partial charge in [0.05, 0.1) is 22.2 Å². The van der Waals surface area contributed by atoms with Crippen molar-refractivity contribution in [2.24, 2.45) is 7.05 Å². The number of sulfonamides is 1. The van der Waals surface area contributed by atoms with Crippen LogP contribution < -0.4 is 4.72 Å². The van der Waals surface area contributed by atoms with Gasteiger partial charge in [-0.2, -0.15) is 0 Å². The fourth-order valence-electron chi connectivity index (χ4n) is 3.17. The Morgan fingerprint density at radius 3 is 2.31 bits per heavy atom. The van der Waals surface area contributed by atoms with Crippen LogP contribution in [0.4, 0.5) is 10.1 Å². The molecule has 32 heavy (non-hydrogen) atoms. The van der Waals surface area contributed by atoms with Crippen molar-refractivity contribution in [1.29, 1.82) is 0 Å². The fourth-order valence-corrected chi connectivity index (χ4v) is 4.40. The van der Waals surface area contributed by atoms with Crippen molar-refractivity contribution in [2.75, 3.05) is 18.8 Å². The molecule has 10 heteroatoms. The van der Waals surface area contributed by atoms with Crippen LogP contribution in [0.25, 0.3) is 11.4 Å². The van der Waals surface area contributed by atoms with Crippen LogP contribution in [0, 0.1) is 5.82 Å². The number of anilines is 1. The van der Waals surface area contributed by atoms with E-state index in [0.717, 1.165) is 11.6 Å². The zero-order valence-electron chi connectivity index (χ0n) is 18.9. The molecule has 0 bridgehead atoms. The van der Waals surface area contributed by atoms with Gasteiger partial charge in [-0.1, -0.05) is 44.5 Å². The Morgan fingerprint density at radius 2 is 1.75 bits per heavy atom. The topological polar surface area (TPSA) is 80.1 Å². The van der Waals surface area contributed by atoms with E-state index >= 15 is 0 Å². The quantitative estimate of drug-likeness (QED) is 0.565. The van der Waals surface area contributed by atoms with Crippen LogP contribution >= 0.6 is 11.6 Å². The molecule has 0 saturated carbocycles. The Kier molecular flexibility index (Phi) is 6.65. The summed E-state index contributed by atoms with van der Waals surface area (Å²) < 4.78 is 44.6. The number of halogens is 2. The van der Waals surface area contributed by atoms with E-state index in [4.69, 9.17) is 11.6 Å². The van der Waals surface area contributed by atoms with Gasteiger partial charge in [0, 0.05) is 18.7 Å². The van der Waals surface area contributed by atoms with Gasteiger partial charge < -0.3 is 9.47 Å². The summed E-state index contributed by atoms with van der Waals surface area (Å²) in [6.07, 6.45) is 0. The second-order valence-electron chi connectivity index (χ2n) is 8.93. The molecule has 0 unspecified atom stereocenters. The van der Waals surface area contributed by atoms with Crippen molar-refractivity contribution in [3.05, 3.63) is 58.6 Å². The van der Waals surface area contributed by atoms with Gasteiger partial charge in [-0.25, -0.2) is 12.8 Å². The molecule has 2 aromatic carbocycles. The molecule has 0 fully saturated rings. The van der Waals surface area contributed by atoms with Crippen molar-refractivity contribution >= 4 is 27.3 Å². The summed E-state index contributed by atoms with van der Waals surface area (Å²) in [5.74, 6) is 0.286. The van der Waals surface area contributed by atoms with Gasteiger partial charge in [0.15, 0.2) is 5.82 Å².